The normalized spacial score (nSPS) is 18.7. The van der Waals surface area contributed by atoms with E-state index in [2.05, 4.69) is 26.4 Å². The summed E-state index contributed by atoms with van der Waals surface area (Å²) in [6.45, 7) is 3.18. The number of aliphatic hydroxyl groups excluding tert-OH is 1. The summed E-state index contributed by atoms with van der Waals surface area (Å²) in [6, 6.07) is 9.42. The Labute approximate surface area is 193 Å². The number of nitrogens with one attached hydrogen (secondary N) is 1. The molecule has 0 aliphatic carbocycles. The molecule has 0 spiro atoms. The van der Waals surface area contributed by atoms with Crippen LogP contribution in [0.15, 0.2) is 36.4 Å². The molecule has 1 saturated heterocycles. The van der Waals surface area contributed by atoms with Gasteiger partial charge in [0.25, 0.3) is 5.91 Å². The summed E-state index contributed by atoms with van der Waals surface area (Å²) in [5.41, 5.74) is -0.343. The molecule has 2 N–H and O–H groups in total. The zero-order valence-electron chi connectivity index (χ0n) is 17.9. The van der Waals surface area contributed by atoms with Crippen molar-refractivity contribution in [3.8, 4) is 5.75 Å². The fraction of sp³-hybridized carbons (Fsp3) is 0.391. The van der Waals surface area contributed by atoms with Crippen LogP contribution in [-0.2, 0) is 6.42 Å². The highest BCUT2D eigenvalue weighted by molar-refractivity contribution is 6.20. The van der Waals surface area contributed by atoms with Crippen molar-refractivity contribution in [2.75, 3.05) is 23.3 Å². The van der Waals surface area contributed by atoms with Crippen molar-refractivity contribution >= 4 is 39.9 Å². The van der Waals surface area contributed by atoms with E-state index in [0.717, 1.165) is 41.8 Å². The van der Waals surface area contributed by atoms with Crippen LogP contribution in [0.3, 0.4) is 0 Å². The zero-order valence-corrected chi connectivity index (χ0v) is 18.6. The van der Waals surface area contributed by atoms with Gasteiger partial charge < -0.3 is 24.6 Å². The molecule has 3 aromatic rings. The monoisotopic (exact) mass is 476 g/mol. The first-order valence-corrected chi connectivity index (χ1v) is 11.2. The molecule has 1 amide bonds. The molecule has 10 heteroatoms. The van der Waals surface area contributed by atoms with Crippen molar-refractivity contribution in [1.29, 1.82) is 0 Å². The van der Waals surface area contributed by atoms with Gasteiger partial charge in [-0.25, -0.2) is 4.98 Å². The Morgan fingerprint density at radius 2 is 2.00 bits per heavy atom. The van der Waals surface area contributed by atoms with Crippen LogP contribution in [0.5, 0.6) is 5.75 Å². The molecular formula is C23H23ClF2N4O3. The third-order valence-corrected chi connectivity index (χ3v) is 6.19. The summed E-state index contributed by atoms with van der Waals surface area (Å²) < 4.78 is 32.1. The average Bonchev–Trinajstić information content (AvgIpc) is 3.11. The maximum absolute atomic E-state index is 13.0. The minimum atomic E-state index is -3.80. The van der Waals surface area contributed by atoms with Gasteiger partial charge in [0.05, 0.1) is 22.8 Å². The minimum Gasteiger partial charge on any atom is -0.420 e. The van der Waals surface area contributed by atoms with E-state index < -0.39 is 5.57 Å². The van der Waals surface area contributed by atoms with Gasteiger partial charge in [0, 0.05) is 48.4 Å². The third kappa shape index (κ3) is 4.35. The van der Waals surface area contributed by atoms with Crippen LogP contribution < -0.4 is 15.0 Å². The third-order valence-electron chi connectivity index (χ3n) is 6.11. The number of nitrogens with zero attached hydrogens (tertiary/aromatic N) is 3. The number of amides is 1. The second kappa shape index (κ2) is 8.14. The number of imidazole rings is 1. The Bertz CT molecular complexity index is 1200. The Morgan fingerprint density at radius 1 is 1.27 bits per heavy atom. The van der Waals surface area contributed by atoms with E-state index >= 15 is 0 Å². The lowest BCUT2D eigenvalue weighted by atomic mass is 10.0. The van der Waals surface area contributed by atoms with Crippen molar-refractivity contribution in [3.63, 3.8) is 0 Å². The van der Waals surface area contributed by atoms with Gasteiger partial charge in [-0.2, -0.15) is 0 Å². The van der Waals surface area contributed by atoms with Gasteiger partial charge in [0.1, 0.15) is 11.6 Å². The van der Waals surface area contributed by atoms with E-state index in [-0.39, 0.29) is 17.8 Å². The summed E-state index contributed by atoms with van der Waals surface area (Å²) >= 11 is 4.78. The molecule has 33 heavy (non-hydrogen) atoms. The number of hydrogen-bond acceptors (Lipinski definition) is 5. The number of anilines is 2. The van der Waals surface area contributed by atoms with E-state index in [1.807, 2.05) is 6.07 Å². The number of rotatable bonds is 5. The van der Waals surface area contributed by atoms with Crippen molar-refractivity contribution in [2.45, 2.75) is 43.9 Å². The Kier molecular flexibility index (Phi) is 5.41. The molecule has 1 atom stereocenters. The number of alkyl halides is 3. The smallest absolute Gasteiger partial charge is 0.420 e. The molecular weight excluding hydrogens is 454 g/mol. The van der Waals surface area contributed by atoms with Gasteiger partial charge in [0.2, 0.25) is 0 Å². The van der Waals surface area contributed by atoms with Crippen LogP contribution in [-0.4, -0.2) is 45.3 Å². The molecule has 2 aliphatic rings. The lowest BCUT2D eigenvalue weighted by Gasteiger charge is -2.39. The van der Waals surface area contributed by atoms with Crippen molar-refractivity contribution in [1.82, 2.24) is 9.55 Å². The largest absolute Gasteiger partial charge is 0.487 e. The van der Waals surface area contributed by atoms with Crippen LogP contribution in [0.1, 0.15) is 42.0 Å². The summed E-state index contributed by atoms with van der Waals surface area (Å²) in [4.78, 5) is 19.9. The van der Waals surface area contributed by atoms with Gasteiger partial charge in [-0.1, -0.05) is 0 Å². The number of β-amino-alcohol motifs (C(OH)–C–C–N with tert-alkyl or cyclic N) is 1. The fourth-order valence-electron chi connectivity index (χ4n) is 4.56. The zero-order chi connectivity index (χ0) is 23.3. The van der Waals surface area contributed by atoms with Crippen molar-refractivity contribution < 1.29 is 23.4 Å². The van der Waals surface area contributed by atoms with Crippen LogP contribution in [0, 0.1) is 0 Å². The van der Waals surface area contributed by atoms with Gasteiger partial charge in [-0.05, 0) is 56.2 Å². The second-order valence-corrected chi connectivity index (χ2v) is 9.03. The van der Waals surface area contributed by atoms with Crippen LogP contribution in [0.4, 0.5) is 20.2 Å². The van der Waals surface area contributed by atoms with Gasteiger partial charge in [-0.3, -0.25) is 4.79 Å². The highest BCUT2D eigenvalue weighted by Gasteiger charge is 2.31. The number of fused-ring (bicyclic) bond motifs is 3. The first-order chi connectivity index (χ1) is 15.7. The molecule has 0 bridgehead atoms. The molecule has 1 aromatic heterocycles. The minimum absolute atomic E-state index is 0.120. The van der Waals surface area contributed by atoms with Gasteiger partial charge in [-0.15, -0.1) is 8.78 Å². The summed E-state index contributed by atoms with van der Waals surface area (Å²) in [6.07, 6.45) is 2.64. The summed E-state index contributed by atoms with van der Waals surface area (Å²) in [7, 11) is 0. The van der Waals surface area contributed by atoms with E-state index in [1.54, 1.807) is 6.07 Å². The van der Waals surface area contributed by atoms with Crippen molar-refractivity contribution in [2.24, 2.45) is 0 Å². The molecule has 1 fully saturated rings. The Morgan fingerprint density at radius 3 is 2.67 bits per heavy atom. The number of aliphatic hydroxyl groups is 1. The quantitative estimate of drug-likeness (QED) is 0.529. The van der Waals surface area contributed by atoms with E-state index in [1.165, 1.54) is 24.3 Å². The average molecular weight is 477 g/mol. The SMILES string of the molecule is C[C@@H]1CCCc2nc3cc(C(=O)Nc4ccc(OC(F)(F)Cl)cc4)cc(N4CC(O)C4)c3n21. The number of carbonyl (C=O) groups excluding carboxylic acids is 1. The van der Waals surface area contributed by atoms with Gasteiger partial charge in [0.15, 0.2) is 0 Å². The molecule has 0 radical (unpaired) electrons. The van der Waals surface area contributed by atoms with E-state index in [9.17, 15) is 18.7 Å². The predicted molar refractivity (Wildman–Crippen MR) is 121 cm³/mol. The maximum Gasteiger partial charge on any atom is 0.487 e. The second-order valence-electron chi connectivity index (χ2n) is 8.59. The number of hydrogen-bond donors (Lipinski definition) is 2. The summed E-state index contributed by atoms with van der Waals surface area (Å²) in [5, 5.41) is 12.6. The first kappa shape index (κ1) is 21.9. The van der Waals surface area contributed by atoms with E-state index in [4.69, 9.17) is 16.6 Å². The lowest BCUT2D eigenvalue weighted by molar-refractivity contribution is -0.0964. The van der Waals surface area contributed by atoms with Crippen LogP contribution in [0.2, 0.25) is 0 Å². The Hall–Kier alpha value is -2.91. The lowest BCUT2D eigenvalue weighted by Crippen LogP contribution is -2.51. The number of benzene rings is 2. The fourth-order valence-corrected chi connectivity index (χ4v) is 4.65. The number of carbonyl (C=O) groups is 1. The molecule has 0 saturated carbocycles. The number of halogens is 3. The standard InChI is InChI=1S/C23H23ClF2N4O3/c1-13-3-2-4-20-28-18-9-14(10-19(21(18)30(13)20)29-11-16(31)12-29)22(32)27-15-5-7-17(8-6-15)33-23(24,25)26/h5-10,13,16,31H,2-4,11-12H2,1H3,(H,27,32)/t13-/m1/s1. The summed E-state index contributed by atoms with van der Waals surface area (Å²) in [5.74, 6) is 0.538. The Balaban J connectivity index is 1.46. The predicted octanol–water partition coefficient (Wildman–Crippen LogP) is 4.53. The number of aryl methyl sites for hydroxylation is 1. The number of aromatic nitrogens is 2. The molecule has 7 nitrogen and oxygen atoms in total. The topological polar surface area (TPSA) is 79.6 Å². The van der Waals surface area contributed by atoms with Gasteiger partial charge >= 0.3 is 5.57 Å². The number of ether oxygens (including phenoxy) is 1. The molecule has 5 rings (SSSR count). The molecule has 0 unspecified atom stereocenters. The highest BCUT2D eigenvalue weighted by atomic mass is 35.5. The maximum atomic E-state index is 13.0. The van der Waals surface area contributed by atoms with E-state index in [0.29, 0.717) is 30.4 Å². The van der Waals surface area contributed by atoms with Crippen LogP contribution >= 0.6 is 11.6 Å². The van der Waals surface area contributed by atoms with Crippen LogP contribution in [0.25, 0.3) is 11.0 Å². The highest BCUT2D eigenvalue weighted by Crippen LogP contribution is 2.37. The molecule has 2 aromatic carbocycles. The first-order valence-electron chi connectivity index (χ1n) is 10.8. The molecule has 2 aliphatic heterocycles. The van der Waals surface area contributed by atoms with Crippen molar-refractivity contribution in [3.05, 3.63) is 47.8 Å². The molecule has 3 heterocycles. The molecule has 174 valence electrons.